The van der Waals surface area contributed by atoms with Crippen LogP contribution in [-0.2, 0) is 15.8 Å². The lowest BCUT2D eigenvalue weighted by Crippen LogP contribution is -2.20. The Kier molecular flexibility index (Phi) is 7.22. The molecular formula is C22H20ClFN2O5S. The van der Waals surface area contributed by atoms with Gasteiger partial charge in [0.05, 0.1) is 36.9 Å². The Hall–Kier alpha value is -3.30. The van der Waals surface area contributed by atoms with Crippen LogP contribution in [0.15, 0.2) is 60.7 Å². The summed E-state index contributed by atoms with van der Waals surface area (Å²) < 4.78 is 51.4. The summed E-state index contributed by atoms with van der Waals surface area (Å²) >= 11 is 5.94. The van der Waals surface area contributed by atoms with Crippen LogP contribution in [0.1, 0.15) is 15.9 Å². The summed E-state index contributed by atoms with van der Waals surface area (Å²) in [6.07, 6.45) is 0. The lowest BCUT2D eigenvalue weighted by atomic mass is 10.1. The predicted octanol–water partition coefficient (Wildman–Crippen LogP) is 4.69. The average molecular weight is 479 g/mol. The largest absolute Gasteiger partial charge is 0.497 e. The van der Waals surface area contributed by atoms with E-state index in [1.165, 1.54) is 32.4 Å². The van der Waals surface area contributed by atoms with Gasteiger partial charge in [-0.05, 0) is 42.0 Å². The average Bonchev–Trinajstić information content (AvgIpc) is 2.76. The maximum atomic E-state index is 13.2. The van der Waals surface area contributed by atoms with E-state index in [2.05, 4.69) is 10.0 Å². The van der Waals surface area contributed by atoms with Gasteiger partial charge in [-0.1, -0.05) is 29.8 Å². The molecule has 0 atom stereocenters. The van der Waals surface area contributed by atoms with E-state index < -0.39 is 27.5 Å². The van der Waals surface area contributed by atoms with Gasteiger partial charge in [-0.15, -0.1) is 0 Å². The number of sulfonamides is 1. The third kappa shape index (κ3) is 5.68. The molecule has 0 saturated heterocycles. The van der Waals surface area contributed by atoms with Crippen molar-refractivity contribution in [1.29, 1.82) is 0 Å². The van der Waals surface area contributed by atoms with E-state index in [0.29, 0.717) is 17.2 Å². The number of anilines is 2. The molecular weight excluding hydrogens is 459 g/mol. The minimum absolute atomic E-state index is 0.00648. The van der Waals surface area contributed by atoms with Gasteiger partial charge >= 0.3 is 0 Å². The normalized spacial score (nSPS) is 11.0. The number of rotatable bonds is 8. The molecule has 3 aromatic rings. The minimum Gasteiger partial charge on any atom is -0.497 e. The summed E-state index contributed by atoms with van der Waals surface area (Å²) in [7, 11) is -0.992. The first kappa shape index (κ1) is 23.4. The summed E-state index contributed by atoms with van der Waals surface area (Å²) in [5.74, 6) is -0.685. The third-order valence-electron chi connectivity index (χ3n) is 4.45. The van der Waals surface area contributed by atoms with Crippen molar-refractivity contribution in [3.05, 3.63) is 82.6 Å². The van der Waals surface area contributed by atoms with Crippen LogP contribution in [0.5, 0.6) is 11.5 Å². The van der Waals surface area contributed by atoms with E-state index >= 15 is 0 Å². The van der Waals surface area contributed by atoms with Crippen LogP contribution in [0.2, 0.25) is 5.02 Å². The number of halogens is 2. The van der Waals surface area contributed by atoms with Crippen LogP contribution in [0.25, 0.3) is 0 Å². The standard InChI is InChI=1S/C22H20ClFN2O5S/c1-30-16-9-10-20(21(12-16)31-2)25-22(27)17-5-3-4-6-19(17)26-32(28,29)13-14-7-8-15(24)11-18(14)23/h3-12,26H,13H2,1-2H3,(H,25,27). The molecule has 0 saturated carbocycles. The first-order valence-corrected chi connectivity index (χ1v) is 11.3. The van der Waals surface area contributed by atoms with Crippen molar-refractivity contribution in [2.45, 2.75) is 5.75 Å². The smallest absolute Gasteiger partial charge is 0.257 e. The van der Waals surface area contributed by atoms with E-state index in [1.54, 1.807) is 30.3 Å². The molecule has 3 aromatic carbocycles. The van der Waals surface area contributed by atoms with Gasteiger partial charge in [0.1, 0.15) is 17.3 Å². The molecule has 3 rings (SSSR count). The zero-order chi connectivity index (χ0) is 23.3. The van der Waals surface area contributed by atoms with Crippen LogP contribution in [0.4, 0.5) is 15.8 Å². The molecule has 32 heavy (non-hydrogen) atoms. The van der Waals surface area contributed by atoms with Crippen LogP contribution in [0, 0.1) is 5.82 Å². The number of amides is 1. The highest BCUT2D eigenvalue weighted by molar-refractivity contribution is 7.91. The lowest BCUT2D eigenvalue weighted by molar-refractivity contribution is 0.102. The van der Waals surface area contributed by atoms with Crippen molar-refractivity contribution in [2.24, 2.45) is 0 Å². The van der Waals surface area contributed by atoms with Crippen LogP contribution >= 0.6 is 11.6 Å². The van der Waals surface area contributed by atoms with E-state index in [9.17, 15) is 17.6 Å². The molecule has 0 aliphatic rings. The number of hydrogen-bond donors (Lipinski definition) is 2. The van der Waals surface area contributed by atoms with Gasteiger partial charge < -0.3 is 14.8 Å². The highest BCUT2D eigenvalue weighted by atomic mass is 35.5. The second kappa shape index (κ2) is 9.88. The molecule has 0 aliphatic heterocycles. The molecule has 0 aliphatic carbocycles. The van der Waals surface area contributed by atoms with Crippen molar-refractivity contribution < 1.29 is 27.1 Å². The molecule has 0 fully saturated rings. The van der Waals surface area contributed by atoms with Gasteiger partial charge in [-0.25, -0.2) is 12.8 Å². The number of hydrogen-bond acceptors (Lipinski definition) is 5. The SMILES string of the molecule is COc1ccc(NC(=O)c2ccccc2NS(=O)(=O)Cc2ccc(F)cc2Cl)c(OC)c1. The van der Waals surface area contributed by atoms with Gasteiger partial charge in [0.25, 0.3) is 5.91 Å². The fourth-order valence-corrected chi connectivity index (χ4v) is 4.47. The molecule has 168 valence electrons. The summed E-state index contributed by atoms with van der Waals surface area (Å²) in [6.45, 7) is 0. The van der Waals surface area contributed by atoms with Crippen molar-refractivity contribution >= 4 is 38.9 Å². The Labute approximate surface area is 190 Å². The van der Waals surface area contributed by atoms with Crippen LogP contribution < -0.4 is 19.5 Å². The molecule has 10 heteroatoms. The predicted molar refractivity (Wildman–Crippen MR) is 122 cm³/mol. The molecule has 0 spiro atoms. The van der Waals surface area contributed by atoms with Crippen LogP contribution in [-0.4, -0.2) is 28.5 Å². The van der Waals surface area contributed by atoms with E-state index in [4.69, 9.17) is 21.1 Å². The summed E-state index contributed by atoms with van der Waals surface area (Å²) in [5.41, 5.74) is 0.786. The van der Waals surface area contributed by atoms with Crippen molar-refractivity contribution in [3.63, 3.8) is 0 Å². The number of nitrogens with one attached hydrogen (secondary N) is 2. The number of benzene rings is 3. The summed E-state index contributed by atoms with van der Waals surface area (Å²) in [4.78, 5) is 12.9. The van der Waals surface area contributed by atoms with Crippen molar-refractivity contribution in [1.82, 2.24) is 0 Å². The maximum absolute atomic E-state index is 13.2. The fraction of sp³-hybridized carbons (Fsp3) is 0.136. The van der Waals surface area contributed by atoms with Gasteiger partial charge in [-0.3, -0.25) is 9.52 Å². The Bertz CT molecular complexity index is 1250. The monoisotopic (exact) mass is 478 g/mol. The minimum atomic E-state index is -3.95. The van der Waals surface area contributed by atoms with E-state index in [1.807, 2.05) is 0 Å². The van der Waals surface area contributed by atoms with E-state index in [0.717, 1.165) is 12.1 Å². The molecule has 0 aromatic heterocycles. The number of carbonyl (C=O) groups excluding carboxylic acids is 1. The number of carbonyl (C=O) groups is 1. The molecule has 0 bridgehead atoms. The van der Waals surface area contributed by atoms with E-state index in [-0.39, 0.29) is 21.8 Å². The maximum Gasteiger partial charge on any atom is 0.257 e. The zero-order valence-corrected chi connectivity index (χ0v) is 18.8. The highest BCUT2D eigenvalue weighted by Gasteiger charge is 2.19. The van der Waals surface area contributed by atoms with Gasteiger partial charge in [0, 0.05) is 11.1 Å². The quantitative estimate of drug-likeness (QED) is 0.490. The second-order valence-corrected chi connectivity index (χ2v) is 8.79. The molecule has 0 heterocycles. The number of methoxy groups -OCH3 is 2. The Morgan fingerprint density at radius 2 is 1.75 bits per heavy atom. The summed E-state index contributed by atoms with van der Waals surface area (Å²) in [6, 6.07) is 14.5. The zero-order valence-electron chi connectivity index (χ0n) is 17.2. The third-order valence-corrected chi connectivity index (χ3v) is 6.03. The molecule has 0 unspecified atom stereocenters. The number of para-hydroxylation sites is 1. The Morgan fingerprint density at radius 1 is 1.00 bits per heavy atom. The molecule has 1 amide bonds. The van der Waals surface area contributed by atoms with Gasteiger partial charge in [0.15, 0.2) is 0 Å². The highest BCUT2D eigenvalue weighted by Crippen LogP contribution is 2.30. The van der Waals surface area contributed by atoms with Crippen molar-refractivity contribution in [3.8, 4) is 11.5 Å². The number of ether oxygens (including phenoxy) is 2. The van der Waals surface area contributed by atoms with Gasteiger partial charge in [-0.2, -0.15) is 0 Å². The van der Waals surface area contributed by atoms with Crippen LogP contribution in [0.3, 0.4) is 0 Å². The fourth-order valence-electron chi connectivity index (χ4n) is 2.91. The topological polar surface area (TPSA) is 93.7 Å². The second-order valence-electron chi connectivity index (χ2n) is 6.66. The Balaban J connectivity index is 1.83. The van der Waals surface area contributed by atoms with Crippen molar-refractivity contribution in [2.75, 3.05) is 24.3 Å². The molecule has 7 nitrogen and oxygen atoms in total. The molecule has 2 N–H and O–H groups in total. The summed E-state index contributed by atoms with van der Waals surface area (Å²) in [5, 5.41) is 2.70. The lowest BCUT2D eigenvalue weighted by Gasteiger charge is -2.15. The van der Waals surface area contributed by atoms with Gasteiger partial charge in [0.2, 0.25) is 10.0 Å². The first-order valence-electron chi connectivity index (χ1n) is 9.29. The molecule has 0 radical (unpaired) electrons. The Morgan fingerprint density at radius 3 is 2.44 bits per heavy atom. The first-order chi connectivity index (χ1) is 15.2.